The Kier molecular flexibility index (Phi) is 7.12. The van der Waals surface area contributed by atoms with Crippen LogP contribution in [0.25, 0.3) is 0 Å². The van der Waals surface area contributed by atoms with Crippen molar-refractivity contribution in [1.29, 1.82) is 0 Å². The lowest BCUT2D eigenvalue weighted by Crippen LogP contribution is -2.31. The van der Waals surface area contributed by atoms with Crippen LogP contribution in [0.4, 0.5) is 0 Å². The minimum absolute atomic E-state index is 0.0541. The first kappa shape index (κ1) is 19.6. The first-order valence-electron chi connectivity index (χ1n) is 7.58. The Labute approximate surface area is 161 Å². The standard InChI is InChI=1S/C18H16Cl3NO3/c1-2-25-17(23)10-16(12-5-3-4-6-14(12)20)22-18(24)13-9-11(19)7-8-15(13)21/h3-9,16H,2,10H2,1H3,(H,22,24)/t16-/m1/s1. The molecule has 0 aliphatic rings. The van der Waals surface area contributed by atoms with E-state index in [4.69, 9.17) is 39.5 Å². The fourth-order valence-electron chi connectivity index (χ4n) is 2.29. The normalized spacial score (nSPS) is 11.7. The topological polar surface area (TPSA) is 55.4 Å². The van der Waals surface area contributed by atoms with Gasteiger partial charge in [0.2, 0.25) is 0 Å². The summed E-state index contributed by atoms with van der Waals surface area (Å²) in [6, 6.07) is 10.9. The number of nitrogens with one attached hydrogen (secondary N) is 1. The lowest BCUT2D eigenvalue weighted by Gasteiger charge is -2.20. The molecular formula is C18H16Cl3NO3. The van der Waals surface area contributed by atoms with Crippen LogP contribution >= 0.6 is 34.8 Å². The third kappa shape index (κ3) is 5.36. The zero-order valence-corrected chi connectivity index (χ0v) is 15.7. The number of hydrogen-bond acceptors (Lipinski definition) is 3. The van der Waals surface area contributed by atoms with Gasteiger partial charge in [0, 0.05) is 10.0 Å². The second-order valence-electron chi connectivity index (χ2n) is 5.18. The van der Waals surface area contributed by atoms with Crippen LogP contribution in [0.5, 0.6) is 0 Å². The molecule has 0 bridgehead atoms. The number of esters is 1. The van der Waals surface area contributed by atoms with E-state index in [1.54, 1.807) is 37.3 Å². The molecule has 2 aromatic rings. The van der Waals surface area contributed by atoms with Gasteiger partial charge in [-0.25, -0.2) is 0 Å². The molecule has 0 aromatic heterocycles. The fourth-order valence-corrected chi connectivity index (χ4v) is 2.93. The van der Waals surface area contributed by atoms with E-state index in [1.807, 2.05) is 0 Å². The van der Waals surface area contributed by atoms with Crippen molar-refractivity contribution in [3.63, 3.8) is 0 Å². The molecule has 0 heterocycles. The molecule has 7 heteroatoms. The van der Waals surface area contributed by atoms with Crippen molar-refractivity contribution in [2.45, 2.75) is 19.4 Å². The number of halogens is 3. The molecule has 0 fully saturated rings. The molecule has 2 rings (SSSR count). The summed E-state index contributed by atoms with van der Waals surface area (Å²) in [6.45, 7) is 1.97. The Morgan fingerprint density at radius 3 is 2.48 bits per heavy atom. The van der Waals surface area contributed by atoms with Crippen molar-refractivity contribution in [1.82, 2.24) is 5.32 Å². The van der Waals surface area contributed by atoms with Crippen LogP contribution in [-0.2, 0) is 9.53 Å². The van der Waals surface area contributed by atoms with E-state index in [1.165, 1.54) is 12.1 Å². The molecule has 2 aromatic carbocycles. The SMILES string of the molecule is CCOC(=O)C[C@@H](NC(=O)c1cc(Cl)ccc1Cl)c1ccccc1Cl. The zero-order valence-electron chi connectivity index (χ0n) is 13.4. The van der Waals surface area contributed by atoms with Crippen molar-refractivity contribution < 1.29 is 14.3 Å². The summed E-state index contributed by atoms with van der Waals surface area (Å²) in [6.07, 6.45) is -0.0541. The minimum atomic E-state index is -0.657. The quantitative estimate of drug-likeness (QED) is 0.689. The summed E-state index contributed by atoms with van der Waals surface area (Å²) in [5.41, 5.74) is 0.832. The van der Waals surface area contributed by atoms with Crippen LogP contribution in [-0.4, -0.2) is 18.5 Å². The first-order valence-corrected chi connectivity index (χ1v) is 8.71. The van der Waals surface area contributed by atoms with Crippen molar-refractivity contribution >= 4 is 46.7 Å². The number of rotatable bonds is 6. The Hall–Kier alpha value is -1.75. The number of amides is 1. The van der Waals surface area contributed by atoms with Crippen molar-refractivity contribution in [2.75, 3.05) is 6.61 Å². The average Bonchev–Trinajstić information content (AvgIpc) is 2.57. The molecule has 25 heavy (non-hydrogen) atoms. The number of ether oxygens (including phenoxy) is 1. The van der Waals surface area contributed by atoms with Crippen molar-refractivity contribution in [3.8, 4) is 0 Å². The van der Waals surface area contributed by atoms with Crippen LogP contribution in [0, 0.1) is 0 Å². The summed E-state index contributed by atoms with van der Waals surface area (Å²) in [5, 5.41) is 3.86. The molecule has 0 aliphatic carbocycles. The van der Waals surface area contributed by atoms with Gasteiger partial charge in [0.15, 0.2) is 0 Å². The van der Waals surface area contributed by atoms with Crippen molar-refractivity contribution in [3.05, 3.63) is 68.7 Å². The van der Waals surface area contributed by atoms with E-state index >= 15 is 0 Å². The number of benzene rings is 2. The van der Waals surface area contributed by atoms with Gasteiger partial charge < -0.3 is 10.1 Å². The number of hydrogen-bond donors (Lipinski definition) is 1. The van der Waals surface area contributed by atoms with E-state index in [-0.39, 0.29) is 23.6 Å². The number of carbonyl (C=O) groups is 2. The average molecular weight is 401 g/mol. The lowest BCUT2D eigenvalue weighted by molar-refractivity contribution is -0.143. The van der Waals surface area contributed by atoms with E-state index in [9.17, 15) is 9.59 Å². The van der Waals surface area contributed by atoms with Gasteiger partial charge in [0.1, 0.15) is 0 Å². The molecule has 0 unspecified atom stereocenters. The van der Waals surface area contributed by atoms with Crippen LogP contribution in [0.15, 0.2) is 42.5 Å². The maximum Gasteiger partial charge on any atom is 0.308 e. The third-order valence-corrected chi connectivity index (χ3v) is 4.34. The van der Waals surface area contributed by atoms with Gasteiger partial charge >= 0.3 is 5.97 Å². The highest BCUT2D eigenvalue weighted by Gasteiger charge is 2.23. The Balaban J connectivity index is 2.29. The Morgan fingerprint density at radius 2 is 1.80 bits per heavy atom. The maximum atomic E-state index is 12.6. The summed E-state index contributed by atoms with van der Waals surface area (Å²) < 4.78 is 4.98. The highest BCUT2D eigenvalue weighted by Crippen LogP contribution is 2.27. The Bertz CT molecular complexity index is 780. The summed E-state index contributed by atoms with van der Waals surface area (Å²) in [7, 11) is 0. The van der Waals surface area contributed by atoms with Crippen LogP contribution in [0.2, 0.25) is 15.1 Å². The molecule has 4 nitrogen and oxygen atoms in total. The monoisotopic (exact) mass is 399 g/mol. The highest BCUT2D eigenvalue weighted by molar-refractivity contribution is 6.35. The molecular weight excluding hydrogens is 385 g/mol. The zero-order chi connectivity index (χ0) is 18.4. The molecule has 1 atom stereocenters. The van der Waals surface area contributed by atoms with Gasteiger partial charge in [0.05, 0.1) is 29.7 Å². The number of carbonyl (C=O) groups excluding carboxylic acids is 2. The van der Waals surface area contributed by atoms with Gasteiger partial charge in [-0.1, -0.05) is 53.0 Å². The van der Waals surface area contributed by atoms with E-state index in [2.05, 4.69) is 5.32 Å². The largest absolute Gasteiger partial charge is 0.466 e. The first-order chi connectivity index (χ1) is 11.9. The second-order valence-corrected chi connectivity index (χ2v) is 6.43. The maximum absolute atomic E-state index is 12.6. The van der Waals surface area contributed by atoms with Gasteiger partial charge in [-0.05, 0) is 36.8 Å². The molecule has 0 saturated heterocycles. The van der Waals surface area contributed by atoms with Gasteiger partial charge in [-0.2, -0.15) is 0 Å². The smallest absolute Gasteiger partial charge is 0.308 e. The predicted octanol–water partition coefficient (Wildman–Crippen LogP) is 5.07. The van der Waals surface area contributed by atoms with Crippen LogP contribution < -0.4 is 5.32 Å². The Morgan fingerprint density at radius 1 is 1.08 bits per heavy atom. The van der Waals surface area contributed by atoms with Gasteiger partial charge in [-0.3, -0.25) is 9.59 Å². The van der Waals surface area contributed by atoms with E-state index in [0.717, 1.165) is 0 Å². The van der Waals surface area contributed by atoms with Gasteiger partial charge in [0.25, 0.3) is 5.91 Å². The third-order valence-electron chi connectivity index (χ3n) is 3.44. The molecule has 132 valence electrons. The molecule has 1 N–H and O–H groups in total. The lowest BCUT2D eigenvalue weighted by atomic mass is 10.0. The molecule has 0 radical (unpaired) electrons. The molecule has 0 aliphatic heterocycles. The van der Waals surface area contributed by atoms with Crippen molar-refractivity contribution in [2.24, 2.45) is 0 Å². The minimum Gasteiger partial charge on any atom is -0.466 e. The summed E-state index contributed by atoms with van der Waals surface area (Å²) >= 11 is 18.2. The summed E-state index contributed by atoms with van der Waals surface area (Å²) in [4.78, 5) is 24.5. The molecule has 0 spiro atoms. The second kappa shape index (κ2) is 9.09. The highest BCUT2D eigenvalue weighted by atomic mass is 35.5. The summed E-state index contributed by atoms with van der Waals surface area (Å²) in [5.74, 6) is -0.897. The van der Waals surface area contributed by atoms with Crippen LogP contribution in [0.3, 0.4) is 0 Å². The fraction of sp³-hybridized carbons (Fsp3) is 0.222. The predicted molar refractivity (Wildman–Crippen MR) is 99.4 cm³/mol. The molecule has 0 saturated carbocycles. The van der Waals surface area contributed by atoms with Gasteiger partial charge in [-0.15, -0.1) is 0 Å². The van der Waals surface area contributed by atoms with E-state index < -0.39 is 17.9 Å². The molecule has 1 amide bonds. The van der Waals surface area contributed by atoms with E-state index in [0.29, 0.717) is 15.6 Å². The van der Waals surface area contributed by atoms with Crippen LogP contribution in [0.1, 0.15) is 35.3 Å².